The highest BCUT2D eigenvalue weighted by molar-refractivity contribution is 9.10. The lowest BCUT2D eigenvalue weighted by Crippen LogP contribution is -2.42. The summed E-state index contributed by atoms with van der Waals surface area (Å²) in [6, 6.07) is 6.84. The van der Waals surface area contributed by atoms with E-state index in [9.17, 15) is 5.11 Å². The summed E-state index contributed by atoms with van der Waals surface area (Å²) in [4.78, 5) is 2.47. The van der Waals surface area contributed by atoms with Crippen molar-refractivity contribution in [3.8, 4) is 0 Å². The standard InChI is InChI=1S/C14H20BrNO/c1-10-4-3-7-16(11(10)2)13-6-5-12(9-17)14(15)8-13/h5-6,8,10-11,17H,3-4,7,9H2,1-2H3. The maximum atomic E-state index is 9.17. The monoisotopic (exact) mass is 297 g/mol. The molecule has 0 spiro atoms. The Balaban J connectivity index is 2.24. The molecule has 0 bridgehead atoms. The predicted octanol–water partition coefficient (Wildman–Crippen LogP) is 3.57. The van der Waals surface area contributed by atoms with Crippen molar-refractivity contribution in [1.82, 2.24) is 0 Å². The summed E-state index contributed by atoms with van der Waals surface area (Å²) in [6.45, 7) is 5.86. The van der Waals surface area contributed by atoms with Gasteiger partial charge >= 0.3 is 0 Å². The first-order chi connectivity index (χ1) is 8.13. The number of hydrogen-bond acceptors (Lipinski definition) is 2. The van der Waals surface area contributed by atoms with Crippen LogP contribution in [0.1, 0.15) is 32.3 Å². The number of halogens is 1. The van der Waals surface area contributed by atoms with Gasteiger partial charge in [0.2, 0.25) is 0 Å². The fourth-order valence-corrected chi connectivity index (χ4v) is 3.04. The van der Waals surface area contributed by atoms with Crippen LogP contribution in [0.4, 0.5) is 5.69 Å². The van der Waals surface area contributed by atoms with Crippen LogP contribution in [0.15, 0.2) is 22.7 Å². The van der Waals surface area contributed by atoms with Gasteiger partial charge in [-0.3, -0.25) is 0 Å². The molecule has 0 amide bonds. The molecule has 2 rings (SSSR count). The van der Waals surface area contributed by atoms with Gasteiger partial charge in [0, 0.05) is 22.7 Å². The number of aliphatic hydroxyl groups excluding tert-OH is 1. The molecule has 1 N–H and O–H groups in total. The second-order valence-electron chi connectivity index (χ2n) is 4.99. The first-order valence-corrected chi connectivity index (χ1v) is 7.08. The number of benzene rings is 1. The van der Waals surface area contributed by atoms with Gasteiger partial charge < -0.3 is 10.0 Å². The maximum Gasteiger partial charge on any atom is 0.0692 e. The zero-order valence-corrected chi connectivity index (χ0v) is 12.1. The van der Waals surface area contributed by atoms with Gasteiger partial charge in [-0.15, -0.1) is 0 Å². The van der Waals surface area contributed by atoms with E-state index in [0.29, 0.717) is 6.04 Å². The van der Waals surface area contributed by atoms with Gasteiger partial charge in [0.1, 0.15) is 0 Å². The van der Waals surface area contributed by atoms with E-state index in [1.165, 1.54) is 18.5 Å². The Kier molecular flexibility index (Phi) is 4.10. The molecule has 1 fully saturated rings. The molecule has 1 aromatic carbocycles. The third-order valence-corrected chi connectivity index (χ3v) is 4.65. The van der Waals surface area contributed by atoms with Crippen LogP contribution in [0.2, 0.25) is 0 Å². The third-order valence-electron chi connectivity index (χ3n) is 3.91. The first-order valence-electron chi connectivity index (χ1n) is 6.29. The minimum atomic E-state index is 0.0901. The zero-order chi connectivity index (χ0) is 12.4. The van der Waals surface area contributed by atoms with Crippen molar-refractivity contribution in [1.29, 1.82) is 0 Å². The minimum absolute atomic E-state index is 0.0901. The second kappa shape index (κ2) is 5.40. The lowest BCUT2D eigenvalue weighted by atomic mass is 9.91. The highest BCUT2D eigenvalue weighted by Crippen LogP contribution is 2.31. The number of nitrogens with zero attached hydrogens (tertiary/aromatic N) is 1. The van der Waals surface area contributed by atoms with Gasteiger partial charge in [-0.05, 0) is 43.4 Å². The molecule has 94 valence electrons. The molecule has 1 aromatic rings. The van der Waals surface area contributed by atoms with Crippen molar-refractivity contribution >= 4 is 21.6 Å². The average molecular weight is 298 g/mol. The Morgan fingerprint density at radius 2 is 2.18 bits per heavy atom. The van der Waals surface area contributed by atoms with Crippen LogP contribution in [0.5, 0.6) is 0 Å². The van der Waals surface area contributed by atoms with Crippen molar-refractivity contribution in [2.24, 2.45) is 5.92 Å². The van der Waals surface area contributed by atoms with E-state index >= 15 is 0 Å². The van der Waals surface area contributed by atoms with Crippen LogP contribution >= 0.6 is 15.9 Å². The smallest absolute Gasteiger partial charge is 0.0692 e. The van der Waals surface area contributed by atoms with E-state index in [1.54, 1.807) is 0 Å². The fourth-order valence-electron chi connectivity index (χ4n) is 2.54. The number of anilines is 1. The van der Waals surface area contributed by atoms with Crippen LogP contribution < -0.4 is 4.90 Å². The van der Waals surface area contributed by atoms with Crippen LogP contribution in [0.3, 0.4) is 0 Å². The molecule has 1 aliphatic heterocycles. The normalized spacial score (nSPS) is 25.1. The third kappa shape index (κ3) is 2.66. The fraction of sp³-hybridized carbons (Fsp3) is 0.571. The molecule has 3 heteroatoms. The number of rotatable bonds is 2. The van der Waals surface area contributed by atoms with Crippen molar-refractivity contribution in [2.45, 2.75) is 39.3 Å². The van der Waals surface area contributed by atoms with E-state index < -0.39 is 0 Å². The van der Waals surface area contributed by atoms with Gasteiger partial charge in [-0.2, -0.15) is 0 Å². The summed E-state index contributed by atoms with van der Waals surface area (Å²) in [6.07, 6.45) is 2.60. The summed E-state index contributed by atoms with van der Waals surface area (Å²) in [5, 5.41) is 9.17. The maximum absolute atomic E-state index is 9.17. The Morgan fingerprint density at radius 1 is 1.41 bits per heavy atom. The molecule has 2 atom stereocenters. The molecule has 17 heavy (non-hydrogen) atoms. The number of hydrogen-bond donors (Lipinski definition) is 1. The molecule has 1 heterocycles. The molecule has 2 unspecified atom stereocenters. The summed E-state index contributed by atoms with van der Waals surface area (Å²) >= 11 is 3.52. The Hall–Kier alpha value is -0.540. The Labute approximate surface area is 112 Å². The van der Waals surface area contributed by atoms with Crippen LogP contribution in [0.25, 0.3) is 0 Å². The molecule has 2 nitrogen and oxygen atoms in total. The van der Waals surface area contributed by atoms with E-state index in [4.69, 9.17) is 0 Å². The van der Waals surface area contributed by atoms with Crippen molar-refractivity contribution < 1.29 is 5.11 Å². The highest BCUT2D eigenvalue weighted by atomic mass is 79.9. The summed E-state index contributed by atoms with van der Waals surface area (Å²) in [5.41, 5.74) is 2.21. The van der Waals surface area contributed by atoms with Crippen molar-refractivity contribution in [3.63, 3.8) is 0 Å². The van der Waals surface area contributed by atoms with E-state index in [1.807, 2.05) is 6.07 Å². The van der Waals surface area contributed by atoms with Crippen molar-refractivity contribution in [3.05, 3.63) is 28.2 Å². The van der Waals surface area contributed by atoms with Crippen LogP contribution in [-0.2, 0) is 6.61 Å². The van der Waals surface area contributed by atoms with Gasteiger partial charge in [0.05, 0.1) is 6.61 Å². The average Bonchev–Trinajstić information content (AvgIpc) is 2.32. The zero-order valence-electron chi connectivity index (χ0n) is 10.5. The lowest BCUT2D eigenvalue weighted by molar-refractivity contribution is 0.281. The van der Waals surface area contributed by atoms with Gasteiger partial charge in [0.25, 0.3) is 0 Å². The van der Waals surface area contributed by atoms with Crippen molar-refractivity contribution in [2.75, 3.05) is 11.4 Å². The molecule has 0 saturated carbocycles. The van der Waals surface area contributed by atoms with Gasteiger partial charge in [-0.1, -0.05) is 28.9 Å². The molecule has 1 aliphatic rings. The second-order valence-corrected chi connectivity index (χ2v) is 5.84. The van der Waals surface area contributed by atoms with Crippen LogP contribution in [0, 0.1) is 5.92 Å². The molecule has 0 aliphatic carbocycles. The largest absolute Gasteiger partial charge is 0.392 e. The predicted molar refractivity (Wildman–Crippen MR) is 75.3 cm³/mol. The lowest BCUT2D eigenvalue weighted by Gasteiger charge is -2.39. The number of aliphatic hydroxyl groups is 1. The Bertz CT molecular complexity index is 394. The quantitative estimate of drug-likeness (QED) is 0.902. The summed E-state index contributed by atoms with van der Waals surface area (Å²) in [7, 11) is 0. The SMILES string of the molecule is CC1CCCN(c2ccc(CO)c(Br)c2)C1C. The summed E-state index contributed by atoms with van der Waals surface area (Å²) in [5.74, 6) is 0.750. The summed E-state index contributed by atoms with van der Waals surface area (Å²) < 4.78 is 1.00. The van der Waals surface area contributed by atoms with Gasteiger partial charge in [0.15, 0.2) is 0 Å². The van der Waals surface area contributed by atoms with E-state index in [0.717, 1.165) is 22.5 Å². The van der Waals surface area contributed by atoms with E-state index in [-0.39, 0.29) is 6.61 Å². The molecule has 0 aromatic heterocycles. The molecule has 0 radical (unpaired) electrons. The Morgan fingerprint density at radius 3 is 2.82 bits per heavy atom. The highest BCUT2D eigenvalue weighted by Gasteiger charge is 2.24. The number of piperidine rings is 1. The van der Waals surface area contributed by atoms with Gasteiger partial charge in [-0.25, -0.2) is 0 Å². The first kappa shape index (κ1) is 12.9. The molecular weight excluding hydrogens is 278 g/mol. The van der Waals surface area contributed by atoms with Crippen LogP contribution in [-0.4, -0.2) is 17.7 Å². The molecule has 1 saturated heterocycles. The molecular formula is C14H20BrNO. The minimum Gasteiger partial charge on any atom is -0.392 e. The topological polar surface area (TPSA) is 23.5 Å². The van der Waals surface area contributed by atoms with E-state index in [2.05, 4.69) is 46.8 Å².